The van der Waals surface area contributed by atoms with Crippen molar-refractivity contribution in [3.63, 3.8) is 0 Å². The van der Waals surface area contributed by atoms with Gasteiger partial charge in [-0.25, -0.2) is 0 Å². The summed E-state index contributed by atoms with van der Waals surface area (Å²) in [5.74, 6) is 0.187. The van der Waals surface area contributed by atoms with E-state index in [9.17, 15) is 10.2 Å². The first-order chi connectivity index (χ1) is 9.06. The maximum Gasteiger partial charge on any atom is 0.141 e. The third-order valence-corrected chi connectivity index (χ3v) is 3.11. The Kier molecular flexibility index (Phi) is 6.77. The van der Waals surface area contributed by atoms with Crippen molar-refractivity contribution in [2.75, 3.05) is 27.2 Å². The van der Waals surface area contributed by atoms with E-state index in [1.165, 1.54) is 0 Å². The van der Waals surface area contributed by atoms with Crippen molar-refractivity contribution in [3.05, 3.63) is 23.0 Å². The molecule has 0 bridgehead atoms. The molecule has 0 unspecified atom stereocenters. The lowest BCUT2D eigenvalue weighted by Crippen LogP contribution is -2.19. The number of aryl methyl sites for hydroxylation is 1. The molecule has 0 aromatic carbocycles. The van der Waals surface area contributed by atoms with Crippen LogP contribution in [0.25, 0.3) is 0 Å². The molecule has 19 heavy (non-hydrogen) atoms. The van der Waals surface area contributed by atoms with E-state index in [2.05, 4.69) is 29.3 Å². The Morgan fingerprint density at radius 1 is 1.32 bits per heavy atom. The number of aliphatic hydroxyl groups is 1. The van der Waals surface area contributed by atoms with Crippen molar-refractivity contribution < 1.29 is 10.2 Å². The van der Waals surface area contributed by atoms with Crippen molar-refractivity contribution >= 4 is 0 Å². The SMILES string of the molecule is Cc1ncc(CO)c(CNCCCCN(C)C)c1O. The van der Waals surface area contributed by atoms with Crippen LogP contribution in [0.2, 0.25) is 0 Å². The van der Waals surface area contributed by atoms with Gasteiger partial charge in [-0.15, -0.1) is 0 Å². The fraction of sp³-hybridized carbons (Fsp3) is 0.643. The smallest absolute Gasteiger partial charge is 0.141 e. The molecule has 0 aliphatic rings. The third-order valence-electron chi connectivity index (χ3n) is 3.11. The van der Waals surface area contributed by atoms with Gasteiger partial charge in [0, 0.05) is 23.9 Å². The highest BCUT2D eigenvalue weighted by Gasteiger charge is 2.10. The van der Waals surface area contributed by atoms with Crippen molar-refractivity contribution in [2.24, 2.45) is 0 Å². The van der Waals surface area contributed by atoms with Crippen molar-refractivity contribution in [3.8, 4) is 5.75 Å². The normalized spacial score (nSPS) is 11.2. The predicted octanol–water partition coefficient (Wildman–Crippen LogP) is 1.02. The lowest BCUT2D eigenvalue weighted by molar-refractivity contribution is 0.278. The number of nitrogens with zero attached hydrogens (tertiary/aromatic N) is 2. The van der Waals surface area contributed by atoms with Gasteiger partial charge in [-0.2, -0.15) is 0 Å². The second-order valence-corrected chi connectivity index (χ2v) is 5.04. The minimum atomic E-state index is -0.0987. The maximum atomic E-state index is 9.96. The summed E-state index contributed by atoms with van der Waals surface area (Å²) in [5, 5.41) is 22.5. The third kappa shape index (κ3) is 5.14. The van der Waals surface area contributed by atoms with Gasteiger partial charge in [-0.3, -0.25) is 4.98 Å². The van der Waals surface area contributed by atoms with Crippen molar-refractivity contribution in [1.29, 1.82) is 0 Å². The highest BCUT2D eigenvalue weighted by molar-refractivity contribution is 5.40. The molecule has 0 aliphatic heterocycles. The van der Waals surface area contributed by atoms with Crippen LogP contribution in [0.3, 0.4) is 0 Å². The van der Waals surface area contributed by atoms with Crippen LogP contribution in [0.5, 0.6) is 5.75 Å². The number of rotatable bonds is 8. The molecule has 0 fully saturated rings. The summed E-state index contributed by atoms with van der Waals surface area (Å²) in [5.41, 5.74) is 2.04. The first-order valence-corrected chi connectivity index (χ1v) is 6.69. The average Bonchev–Trinajstić information content (AvgIpc) is 2.38. The number of unbranched alkanes of at least 4 members (excludes halogenated alkanes) is 1. The standard InChI is InChI=1S/C14H25N3O2/c1-11-14(19)13(12(10-18)8-16-11)9-15-6-4-5-7-17(2)3/h8,15,18-19H,4-7,9-10H2,1-3H3. The summed E-state index contributed by atoms with van der Waals surface area (Å²) in [7, 11) is 4.14. The van der Waals surface area contributed by atoms with E-state index in [1.54, 1.807) is 13.1 Å². The molecule has 1 aromatic heterocycles. The van der Waals surface area contributed by atoms with Gasteiger partial charge in [-0.1, -0.05) is 0 Å². The van der Waals surface area contributed by atoms with Crippen molar-refractivity contribution in [2.45, 2.75) is 32.9 Å². The second kappa shape index (κ2) is 8.09. The van der Waals surface area contributed by atoms with Crippen LogP contribution in [0.15, 0.2) is 6.20 Å². The molecule has 0 amide bonds. The Balaban J connectivity index is 2.42. The summed E-state index contributed by atoms with van der Waals surface area (Å²) >= 11 is 0. The van der Waals surface area contributed by atoms with Gasteiger partial charge >= 0.3 is 0 Å². The van der Waals surface area contributed by atoms with Crippen LogP contribution in [0.4, 0.5) is 0 Å². The van der Waals surface area contributed by atoms with Gasteiger partial charge in [0.1, 0.15) is 5.75 Å². The highest BCUT2D eigenvalue weighted by atomic mass is 16.3. The van der Waals surface area contributed by atoms with Gasteiger partial charge in [-0.05, 0) is 47.0 Å². The van der Waals surface area contributed by atoms with E-state index < -0.39 is 0 Å². The Bertz CT molecular complexity index is 395. The highest BCUT2D eigenvalue weighted by Crippen LogP contribution is 2.23. The number of pyridine rings is 1. The topological polar surface area (TPSA) is 68.6 Å². The second-order valence-electron chi connectivity index (χ2n) is 5.04. The number of hydrogen-bond acceptors (Lipinski definition) is 5. The molecule has 1 heterocycles. The molecule has 0 aliphatic carbocycles. The first-order valence-electron chi connectivity index (χ1n) is 6.69. The lowest BCUT2D eigenvalue weighted by Gasteiger charge is -2.13. The molecule has 5 heteroatoms. The fourth-order valence-corrected chi connectivity index (χ4v) is 1.91. The van der Waals surface area contributed by atoms with Gasteiger partial charge in [0.15, 0.2) is 0 Å². The Morgan fingerprint density at radius 2 is 2.05 bits per heavy atom. The molecule has 108 valence electrons. The number of aromatic nitrogens is 1. The van der Waals surface area contributed by atoms with Gasteiger partial charge < -0.3 is 20.4 Å². The number of aliphatic hydroxyl groups excluding tert-OH is 1. The van der Waals surface area contributed by atoms with Crippen LogP contribution in [0, 0.1) is 6.92 Å². The molecule has 1 rings (SSSR count). The Hall–Kier alpha value is -1.17. The van der Waals surface area contributed by atoms with Gasteiger partial charge in [0.05, 0.1) is 12.3 Å². The average molecular weight is 267 g/mol. The van der Waals surface area contributed by atoms with Crippen molar-refractivity contribution in [1.82, 2.24) is 15.2 Å². The minimum Gasteiger partial charge on any atom is -0.506 e. The molecular weight excluding hydrogens is 242 g/mol. The molecule has 0 radical (unpaired) electrons. The summed E-state index contributed by atoms with van der Waals surface area (Å²) < 4.78 is 0. The van der Waals surface area contributed by atoms with Crippen LogP contribution in [-0.4, -0.2) is 47.3 Å². The first kappa shape index (κ1) is 15.9. The minimum absolute atomic E-state index is 0.0987. The fourth-order valence-electron chi connectivity index (χ4n) is 1.91. The molecular formula is C14H25N3O2. The van der Waals surface area contributed by atoms with Crippen LogP contribution in [-0.2, 0) is 13.2 Å². The lowest BCUT2D eigenvalue weighted by atomic mass is 10.1. The zero-order valence-electron chi connectivity index (χ0n) is 12.1. The van der Waals surface area contributed by atoms with E-state index in [-0.39, 0.29) is 12.4 Å². The molecule has 1 aromatic rings. The van der Waals surface area contributed by atoms with E-state index in [4.69, 9.17) is 0 Å². The molecule has 3 N–H and O–H groups in total. The van der Waals surface area contributed by atoms with Crippen LogP contribution < -0.4 is 5.32 Å². The molecule has 5 nitrogen and oxygen atoms in total. The number of nitrogens with one attached hydrogen (secondary N) is 1. The number of aromatic hydroxyl groups is 1. The van der Waals surface area contributed by atoms with E-state index >= 15 is 0 Å². The number of hydrogen-bond donors (Lipinski definition) is 3. The van der Waals surface area contributed by atoms with Crippen LogP contribution in [0.1, 0.15) is 29.7 Å². The van der Waals surface area contributed by atoms with Gasteiger partial charge in [0.25, 0.3) is 0 Å². The quantitative estimate of drug-likeness (QED) is 0.614. The monoisotopic (exact) mass is 267 g/mol. The van der Waals surface area contributed by atoms with E-state index in [0.29, 0.717) is 17.8 Å². The molecule has 0 saturated carbocycles. The summed E-state index contributed by atoms with van der Waals surface area (Å²) in [6.07, 6.45) is 3.86. The summed E-state index contributed by atoms with van der Waals surface area (Å²) in [6.45, 7) is 4.21. The largest absolute Gasteiger partial charge is 0.506 e. The summed E-state index contributed by atoms with van der Waals surface area (Å²) in [6, 6.07) is 0. The zero-order valence-corrected chi connectivity index (χ0v) is 12.1. The van der Waals surface area contributed by atoms with Crippen LogP contribution >= 0.6 is 0 Å². The maximum absolute atomic E-state index is 9.96. The molecule has 0 saturated heterocycles. The van der Waals surface area contributed by atoms with E-state index in [1.807, 2.05) is 0 Å². The predicted molar refractivity (Wildman–Crippen MR) is 76.1 cm³/mol. The molecule has 0 atom stereocenters. The zero-order chi connectivity index (χ0) is 14.3. The Morgan fingerprint density at radius 3 is 2.68 bits per heavy atom. The Labute approximate surface area is 115 Å². The van der Waals surface area contributed by atoms with Gasteiger partial charge in [0.2, 0.25) is 0 Å². The molecule has 0 spiro atoms. The van der Waals surface area contributed by atoms with E-state index in [0.717, 1.165) is 31.5 Å². The summed E-state index contributed by atoms with van der Waals surface area (Å²) in [4.78, 5) is 6.21.